The molecule has 4 rings (SSSR count). The van der Waals surface area contributed by atoms with Gasteiger partial charge in [0.15, 0.2) is 0 Å². The summed E-state index contributed by atoms with van der Waals surface area (Å²) >= 11 is 12.2. The number of likely N-dealkylation sites (tertiary alicyclic amines) is 1. The van der Waals surface area contributed by atoms with Crippen LogP contribution < -0.4 is 4.74 Å². The quantitative estimate of drug-likeness (QED) is 0.323. The van der Waals surface area contributed by atoms with Gasteiger partial charge in [0.05, 0.1) is 23.7 Å². The topological polar surface area (TPSA) is 79.7 Å². The van der Waals surface area contributed by atoms with Gasteiger partial charge in [0.2, 0.25) is 0 Å². The lowest BCUT2D eigenvalue weighted by atomic mass is 9.95. The maximum absolute atomic E-state index is 13.1. The van der Waals surface area contributed by atoms with E-state index in [9.17, 15) is 14.7 Å². The fourth-order valence-corrected chi connectivity index (χ4v) is 4.08. The van der Waals surface area contributed by atoms with Gasteiger partial charge < -0.3 is 14.7 Å². The molecule has 1 aliphatic heterocycles. The normalized spacial score (nSPS) is 17.6. The molecule has 1 unspecified atom stereocenters. The molecule has 2 heterocycles. The fourth-order valence-electron chi connectivity index (χ4n) is 3.69. The van der Waals surface area contributed by atoms with Crippen LogP contribution in [0.15, 0.2) is 72.6 Å². The zero-order chi connectivity index (χ0) is 22.8. The first kappa shape index (κ1) is 21.9. The number of amides is 1. The Balaban J connectivity index is 1.86. The van der Waals surface area contributed by atoms with E-state index in [1.165, 1.54) is 18.1 Å². The molecule has 32 heavy (non-hydrogen) atoms. The van der Waals surface area contributed by atoms with E-state index in [2.05, 4.69) is 4.98 Å². The van der Waals surface area contributed by atoms with E-state index in [1.54, 1.807) is 54.9 Å². The molecular weight excluding hydrogens is 451 g/mol. The van der Waals surface area contributed by atoms with Gasteiger partial charge in [-0.3, -0.25) is 14.6 Å². The van der Waals surface area contributed by atoms with Crippen molar-refractivity contribution in [2.24, 2.45) is 0 Å². The van der Waals surface area contributed by atoms with Gasteiger partial charge in [-0.05, 0) is 47.5 Å². The minimum absolute atomic E-state index is 0.0255. The first-order valence-corrected chi connectivity index (χ1v) is 10.4. The minimum Gasteiger partial charge on any atom is -0.507 e. The second-order valence-corrected chi connectivity index (χ2v) is 8.03. The summed E-state index contributed by atoms with van der Waals surface area (Å²) in [5.74, 6) is -1.38. The van der Waals surface area contributed by atoms with Crippen LogP contribution in [-0.2, 0) is 16.1 Å². The average Bonchev–Trinajstić information content (AvgIpc) is 3.04. The molecule has 1 fully saturated rings. The summed E-state index contributed by atoms with van der Waals surface area (Å²) in [5, 5.41) is 11.9. The number of hydrogen-bond acceptors (Lipinski definition) is 5. The molecule has 1 amide bonds. The number of Topliss-reactive ketones (excluding diaryl/α,β-unsaturated/α-hetero) is 1. The van der Waals surface area contributed by atoms with Crippen LogP contribution in [0.25, 0.3) is 5.76 Å². The maximum Gasteiger partial charge on any atom is 0.295 e. The van der Waals surface area contributed by atoms with Crippen molar-refractivity contribution in [3.05, 3.63) is 99.3 Å². The van der Waals surface area contributed by atoms with Crippen LogP contribution in [0.5, 0.6) is 5.75 Å². The molecular formula is C24H18Cl2N2O4. The first-order chi connectivity index (χ1) is 15.4. The molecule has 1 aliphatic rings. The Morgan fingerprint density at radius 1 is 1.12 bits per heavy atom. The van der Waals surface area contributed by atoms with Gasteiger partial charge in [0.25, 0.3) is 11.7 Å². The van der Waals surface area contributed by atoms with E-state index in [4.69, 9.17) is 27.9 Å². The maximum atomic E-state index is 13.1. The first-order valence-electron chi connectivity index (χ1n) is 9.67. The summed E-state index contributed by atoms with van der Waals surface area (Å²) < 4.78 is 5.15. The zero-order valence-corrected chi connectivity index (χ0v) is 18.5. The minimum atomic E-state index is -0.812. The number of halogens is 2. The molecule has 1 aromatic heterocycles. The number of ether oxygens (including phenoxy) is 1. The Hall–Kier alpha value is -3.35. The van der Waals surface area contributed by atoms with Gasteiger partial charge in [-0.15, -0.1) is 0 Å². The number of aliphatic hydroxyl groups excluding tert-OH is 1. The molecule has 162 valence electrons. The fraction of sp³-hybridized carbons (Fsp3) is 0.125. The van der Waals surface area contributed by atoms with Crippen LogP contribution in [0.2, 0.25) is 10.0 Å². The summed E-state index contributed by atoms with van der Waals surface area (Å²) in [6.07, 6.45) is 3.25. The SMILES string of the molecule is COc1ccc(/C(O)=C2/C(=O)C(=O)N(Cc3cccnc3)C2c2ccc(Cl)cc2)cc1Cl. The lowest BCUT2D eigenvalue weighted by molar-refractivity contribution is -0.140. The predicted molar refractivity (Wildman–Crippen MR) is 122 cm³/mol. The highest BCUT2D eigenvalue weighted by Gasteiger charge is 2.46. The van der Waals surface area contributed by atoms with E-state index in [0.29, 0.717) is 21.9 Å². The van der Waals surface area contributed by atoms with Crippen molar-refractivity contribution in [3.8, 4) is 5.75 Å². The van der Waals surface area contributed by atoms with E-state index in [0.717, 1.165) is 5.56 Å². The average molecular weight is 469 g/mol. The van der Waals surface area contributed by atoms with E-state index in [-0.39, 0.29) is 22.9 Å². The number of methoxy groups -OCH3 is 1. The Labute approximate surface area is 194 Å². The number of carbonyl (C=O) groups excluding carboxylic acids is 2. The molecule has 1 saturated heterocycles. The Morgan fingerprint density at radius 2 is 1.88 bits per heavy atom. The molecule has 0 saturated carbocycles. The zero-order valence-electron chi connectivity index (χ0n) is 17.0. The van der Waals surface area contributed by atoms with Crippen LogP contribution in [0.4, 0.5) is 0 Å². The van der Waals surface area contributed by atoms with Crippen molar-refractivity contribution in [3.63, 3.8) is 0 Å². The number of nitrogens with zero attached hydrogens (tertiary/aromatic N) is 2. The largest absolute Gasteiger partial charge is 0.507 e. The molecule has 0 aliphatic carbocycles. The van der Waals surface area contributed by atoms with Crippen molar-refractivity contribution in [1.29, 1.82) is 0 Å². The van der Waals surface area contributed by atoms with E-state index in [1.807, 2.05) is 6.07 Å². The third-order valence-electron chi connectivity index (χ3n) is 5.23. The van der Waals surface area contributed by atoms with Crippen molar-refractivity contribution in [1.82, 2.24) is 9.88 Å². The van der Waals surface area contributed by atoms with Gasteiger partial charge in [-0.2, -0.15) is 0 Å². The van der Waals surface area contributed by atoms with Crippen molar-refractivity contribution >= 4 is 40.7 Å². The van der Waals surface area contributed by atoms with Crippen LogP contribution in [0, 0.1) is 0 Å². The number of carbonyl (C=O) groups is 2. The summed E-state index contributed by atoms with van der Waals surface area (Å²) in [6, 6.07) is 14.2. The highest BCUT2D eigenvalue weighted by atomic mass is 35.5. The second-order valence-electron chi connectivity index (χ2n) is 7.19. The number of pyridine rings is 1. The Kier molecular flexibility index (Phi) is 6.17. The highest BCUT2D eigenvalue weighted by Crippen LogP contribution is 2.41. The molecule has 6 nitrogen and oxygen atoms in total. The van der Waals surface area contributed by atoms with Crippen LogP contribution >= 0.6 is 23.2 Å². The number of hydrogen-bond donors (Lipinski definition) is 1. The Morgan fingerprint density at radius 3 is 2.50 bits per heavy atom. The summed E-state index contributed by atoms with van der Waals surface area (Å²) in [5.41, 5.74) is 1.66. The summed E-state index contributed by atoms with van der Waals surface area (Å²) in [6.45, 7) is 0.145. The third-order valence-corrected chi connectivity index (χ3v) is 5.77. The van der Waals surface area contributed by atoms with Crippen molar-refractivity contribution in [2.75, 3.05) is 7.11 Å². The monoisotopic (exact) mass is 468 g/mol. The second kappa shape index (κ2) is 9.02. The number of ketones is 1. The highest BCUT2D eigenvalue weighted by molar-refractivity contribution is 6.46. The molecule has 1 atom stereocenters. The lowest BCUT2D eigenvalue weighted by Gasteiger charge is -2.25. The van der Waals surface area contributed by atoms with Crippen molar-refractivity contribution < 1.29 is 19.4 Å². The van der Waals surface area contributed by atoms with E-state index < -0.39 is 17.7 Å². The van der Waals surface area contributed by atoms with Gasteiger partial charge in [-0.25, -0.2) is 0 Å². The standard InChI is InChI=1S/C24H18Cl2N2O4/c1-32-19-9-6-16(11-18(19)26)22(29)20-21(15-4-7-17(25)8-5-15)28(24(31)23(20)30)13-14-3-2-10-27-12-14/h2-12,21,29H,13H2,1H3/b22-20-. The molecule has 2 aromatic carbocycles. The molecule has 1 N–H and O–H groups in total. The molecule has 8 heteroatoms. The lowest BCUT2D eigenvalue weighted by Crippen LogP contribution is -2.29. The Bertz CT molecular complexity index is 1210. The van der Waals surface area contributed by atoms with Gasteiger partial charge in [0.1, 0.15) is 11.5 Å². The van der Waals surface area contributed by atoms with Gasteiger partial charge in [0, 0.05) is 29.5 Å². The molecule has 0 spiro atoms. The predicted octanol–water partition coefficient (Wildman–Crippen LogP) is 5.02. The van der Waals surface area contributed by atoms with Crippen molar-refractivity contribution in [2.45, 2.75) is 12.6 Å². The number of aromatic nitrogens is 1. The van der Waals surface area contributed by atoms with Gasteiger partial charge >= 0.3 is 0 Å². The third kappa shape index (κ3) is 4.07. The number of benzene rings is 2. The summed E-state index contributed by atoms with van der Waals surface area (Å²) in [7, 11) is 1.48. The summed E-state index contributed by atoms with van der Waals surface area (Å²) in [4.78, 5) is 31.6. The van der Waals surface area contributed by atoms with Crippen LogP contribution in [0.1, 0.15) is 22.7 Å². The molecule has 0 bridgehead atoms. The van der Waals surface area contributed by atoms with E-state index >= 15 is 0 Å². The smallest absolute Gasteiger partial charge is 0.295 e. The van der Waals surface area contributed by atoms with Crippen LogP contribution in [0.3, 0.4) is 0 Å². The van der Waals surface area contributed by atoms with Crippen LogP contribution in [-0.4, -0.2) is 33.8 Å². The number of rotatable bonds is 5. The molecule has 3 aromatic rings. The number of aliphatic hydroxyl groups is 1. The van der Waals surface area contributed by atoms with Gasteiger partial charge in [-0.1, -0.05) is 41.4 Å². The molecule has 0 radical (unpaired) electrons.